The number of carbonyl (C=O) groups excluding carboxylic acids is 3. The molecule has 1 aliphatic rings. The van der Waals surface area contributed by atoms with Crippen LogP contribution in [-0.4, -0.2) is 36.6 Å². The highest BCUT2D eigenvalue weighted by Gasteiger charge is 2.26. The largest absolute Gasteiger partial charge is 0.482 e. The Kier molecular flexibility index (Phi) is 6.13. The molecule has 1 aromatic carbocycles. The van der Waals surface area contributed by atoms with E-state index in [1.807, 2.05) is 17.5 Å². The lowest BCUT2D eigenvalue weighted by atomic mass is 10.2. The lowest BCUT2D eigenvalue weighted by Gasteiger charge is -2.28. The molecule has 0 bridgehead atoms. The van der Waals surface area contributed by atoms with Crippen molar-refractivity contribution >= 4 is 46.5 Å². The van der Waals surface area contributed by atoms with Gasteiger partial charge in [-0.3, -0.25) is 30.1 Å². The third kappa shape index (κ3) is 4.77. The first-order chi connectivity index (χ1) is 12.6. The van der Waals surface area contributed by atoms with E-state index in [-0.39, 0.29) is 30.7 Å². The van der Waals surface area contributed by atoms with Gasteiger partial charge in [0.05, 0.1) is 11.4 Å². The molecule has 9 heteroatoms. The lowest BCUT2D eigenvalue weighted by molar-refractivity contribution is -0.128. The van der Waals surface area contributed by atoms with Gasteiger partial charge < -0.3 is 4.74 Å². The highest BCUT2D eigenvalue weighted by molar-refractivity contribution is 7.99. The molecule has 2 N–H and O–H groups in total. The Morgan fingerprint density at radius 1 is 1.15 bits per heavy atom. The van der Waals surface area contributed by atoms with E-state index in [0.717, 1.165) is 5.75 Å². The summed E-state index contributed by atoms with van der Waals surface area (Å²) in [6.07, 6.45) is 0. The Morgan fingerprint density at radius 2 is 1.96 bits per heavy atom. The number of rotatable bonds is 6. The smallest absolute Gasteiger partial charge is 0.265 e. The minimum Gasteiger partial charge on any atom is -0.482 e. The molecule has 2 aromatic rings. The second kappa shape index (κ2) is 8.72. The molecule has 1 aliphatic heterocycles. The summed E-state index contributed by atoms with van der Waals surface area (Å²) in [5.41, 5.74) is 5.25. The van der Waals surface area contributed by atoms with Gasteiger partial charge in [0.2, 0.25) is 5.91 Å². The van der Waals surface area contributed by atoms with Gasteiger partial charge in [0.1, 0.15) is 12.3 Å². The summed E-state index contributed by atoms with van der Waals surface area (Å²) in [6, 6.07) is 11.0. The van der Waals surface area contributed by atoms with Gasteiger partial charge in [0, 0.05) is 10.6 Å². The maximum Gasteiger partial charge on any atom is 0.265 e. The van der Waals surface area contributed by atoms with Crippen LogP contribution in [0.2, 0.25) is 0 Å². The standard InChI is InChI=1S/C17H17N3O4S2/c21-15(18-19-16(22)11-25-10-12-4-3-7-26-12)8-20-13-5-1-2-6-14(13)24-9-17(20)23/h1-7H,8-11H2,(H,18,21)(H,19,22). The third-order valence-electron chi connectivity index (χ3n) is 3.51. The molecule has 0 aliphatic carbocycles. The van der Waals surface area contributed by atoms with Gasteiger partial charge in [-0.1, -0.05) is 18.2 Å². The minimum atomic E-state index is -0.480. The molecule has 7 nitrogen and oxygen atoms in total. The molecule has 3 rings (SSSR count). The number of nitrogens with zero attached hydrogens (tertiary/aromatic N) is 1. The minimum absolute atomic E-state index is 0.115. The summed E-state index contributed by atoms with van der Waals surface area (Å²) < 4.78 is 5.33. The third-order valence-corrected chi connectivity index (χ3v) is 5.55. The number of fused-ring (bicyclic) bond motifs is 1. The highest BCUT2D eigenvalue weighted by atomic mass is 32.2. The number of hydrogen-bond acceptors (Lipinski definition) is 6. The Hall–Kier alpha value is -2.52. The Bertz CT molecular complexity index is 795. The Balaban J connectivity index is 1.44. The first kappa shape index (κ1) is 18.3. The quantitative estimate of drug-likeness (QED) is 0.730. The van der Waals surface area contributed by atoms with Crippen LogP contribution in [-0.2, 0) is 20.1 Å². The number of hydrazine groups is 1. The topological polar surface area (TPSA) is 87.7 Å². The number of thioether (sulfide) groups is 1. The van der Waals surface area contributed by atoms with Gasteiger partial charge in [0.15, 0.2) is 6.61 Å². The second-order valence-electron chi connectivity index (χ2n) is 5.40. The zero-order chi connectivity index (χ0) is 18.4. The molecular weight excluding hydrogens is 374 g/mol. The van der Waals surface area contributed by atoms with Crippen LogP contribution in [0, 0.1) is 0 Å². The summed E-state index contributed by atoms with van der Waals surface area (Å²) in [5.74, 6) is 0.446. The normalized spacial score (nSPS) is 12.9. The molecule has 0 radical (unpaired) electrons. The molecular formula is C17H17N3O4S2. The monoisotopic (exact) mass is 391 g/mol. The fourth-order valence-electron chi connectivity index (χ4n) is 2.32. The molecule has 0 saturated heterocycles. The average molecular weight is 391 g/mol. The van der Waals surface area contributed by atoms with E-state index < -0.39 is 5.91 Å². The molecule has 0 atom stereocenters. The summed E-state index contributed by atoms with van der Waals surface area (Å²) in [5, 5.41) is 1.99. The number of carbonyl (C=O) groups is 3. The van der Waals surface area contributed by atoms with Crippen LogP contribution in [0.5, 0.6) is 5.75 Å². The Labute approximate surface area is 158 Å². The van der Waals surface area contributed by atoms with E-state index in [2.05, 4.69) is 10.9 Å². The molecule has 0 saturated carbocycles. The van der Waals surface area contributed by atoms with Gasteiger partial charge in [-0.2, -0.15) is 0 Å². The van der Waals surface area contributed by atoms with Crippen molar-refractivity contribution in [3.8, 4) is 5.75 Å². The average Bonchev–Trinajstić information content (AvgIpc) is 3.16. The van der Waals surface area contributed by atoms with E-state index >= 15 is 0 Å². The van der Waals surface area contributed by atoms with Crippen LogP contribution >= 0.6 is 23.1 Å². The summed E-state index contributed by atoms with van der Waals surface area (Å²) >= 11 is 3.10. The number of nitrogens with one attached hydrogen (secondary N) is 2. The zero-order valence-corrected chi connectivity index (χ0v) is 15.4. The van der Waals surface area contributed by atoms with Crippen molar-refractivity contribution in [1.29, 1.82) is 0 Å². The van der Waals surface area contributed by atoms with Crippen LogP contribution in [0.25, 0.3) is 0 Å². The van der Waals surface area contributed by atoms with E-state index in [1.165, 1.54) is 21.5 Å². The number of ether oxygens (including phenoxy) is 1. The Morgan fingerprint density at radius 3 is 2.77 bits per heavy atom. The maximum atomic E-state index is 12.1. The van der Waals surface area contributed by atoms with Crippen molar-refractivity contribution in [1.82, 2.24) is 10.9 Å². The SMILES string of the molecule is O=C(CSCc1cccs1)NNC(=O)CN1C(=O)COc2ccccc21. The van der Waals surface area contributed by atoms with Crippen molar-refractivity contribution in [3.63, 3.8) is 0 Å². The number of hydrogen-bond donors (Lipinski definition) is 2. The summed E-state index contributed by atoms with van der Waals surface area (Å²) in [4.78, 5) is 38.4. The molecule has 136 valence electrons. The van der Waals surface area contributed by atoms with Crippen molar-refractivity contribution in [2.45, 2.75) is 5.75 Å². The predicted molar refractivity (Wildman–Crippen MR) is 101 cm³/mol. The first-order valence-electron chi connectivity index (χ1n) is 7.83. The van der Waals surface area contributed by atoms with Crippen LogP contribution in [0.4, 0.5) is 5.69 Å². The maximum absolute atomic E-state index is 12.1. The first-order valence-corrected chi connectivity index (χ1v) is 9.87. The molecule has 3 amide bonds. The van der Waals surface area contributed by atoms with Gasteiger partial charge in [-0.15, -0.1) is 23.1 Å². The number of thiophene rings is 1. The molecule has 0 fully saturated rings. The van der Waals surface area contributed by atoms with Crippen molar-refractivity contribution in [2.75, 3.05) is 23.8 Å². The number of anilines is 1. The molecule has 0 spiro atoms. The van der Waals surface area contributed by atoms with Crippen LogP contribution in [0.1, 0.15) is 4.88 Å². The molecule has 26 heavy (non-hydrogen) atoms. The van der Waals surface area contributed by atoms with Crippen molar-refractivity contribution in [2.24, 2.45) is 0 Å². The predicted octanol–water partition coefficient (Wildman–Crippen LogP) is 1.55. The van der Waals surface area contributed by atoms with Crippen LogP contribution in [0.15, 0.2) is 41.8 Å². The zero-order valence-electron chi connectivity index (χ0n) is 13.8. The number of para-hydroxylation sites is 2. The molecule has 2 heterocycles. The number of benzene rings is 1. The van der Waals surface area contributed by atoms with Gasteiger partial charge in [-0.25, -0.2) is 0 Å². The van der Waals surface area contributed by atoms with Crippen LogP contribution in [0.3, 0.4) is 0 Å². The van der Waals surface area contributed by atoms with Crippen LogP contribution < -0.4 is 20.5 Å². The highest BCUT2D eigenvalue weighted by Crippen LogP contribution is 2.31. The van der Waals surface area contributed by atoms with E-state index in [9.17, 15) is 14.4 Å². The number of amides is 3. The van der Waals surface area contributed by atoms with Crippen molar-refractivity contribution < 1.29 is 19.1 Å². The molecule has 0 unspecified atom stereocenters. The fraction of sp³-hybridized carbons (Fsp3) is 0.235. The van der Waals surface area contributed by atoms with Gasteiger partial charge in [-0.05, 0) is 23.6 Å². The fourth-order valence-corrected chi connectivity index (χ4v) is 3.99. The van der Waals surface area contributed by atoms with Gasteiger partial charge in [0.25, 0.3) is 11.8 Å². The van der Waals surface area contributed by atoms with E-state index in [0.29, 0.717) is 11.4 Å². The second-order valence-corrected chi connectivity index (χ2v) is 7.42. The van der Waals surface area contributed by atoms with Crippen molar-refractivity contribution in [3.05, 3.63) is 46.7 Å². The van der Waals surface area contributed by atoms with E-state index in [4.69, 9.17) is 4.74 Å². The van der Waals surface area contributed by atoms with E-state index in [1.54, 1.807) is 35.6 Å². The molecule has 1 aromatic heterocycles. The summed E-state index contributed by atoms with van der Waals surface area (Å²) in [7, 11) is 0. The lowest BCUT2D eigenvalue weighted by Crippen LogP contribution is -2.50. The summed E-state index contributed by atoms with van der Waals surface area (Å²) in [6.45, 7) is -0.308. The van der Waals surface area contributed by atoms with Gasteiger partial charge >= 0.3 is 0 Å².